The number of Topliss-reactive ketones (excluding diaryl/α,β-unsaturated/α-hetero) is 1. The van der Waals surface area contributed by atoms with Crippen LogP contribution >= 0.6 is 11.8 Å². The molecule has 1 aromatic carbocycles. The van der Waals surface area contributed by atoms with Crippen LogP contribution in [-0.4, -0.2) is 22.9 Å². The number of carbonyl (C=O) groups excluding carboxylic acids is 1. The van der Waals surface area contributed by atoms with Crippen molar-refractivity contribution in [1.82, 2.24) is 0 Å². The quantitative estimate of drug-likeness (QED) is 0.778. The molecule has 0 atom stereocenters. The van der Waals surface area contributed by atoms with Gasteiger partial charge in [-0.1, -0.05) is 32.9 Å². The number of ketones is 1. The fourth-order valence-corrected chi connectivity index (χ4v) is 2.69. The predicted octanol–water partition coefficient (Wildman–Crippen LogP) is 3.73. The third-order valence-electron chi connectivity index (χ3n) is 2.87. The lowest BCUT2D eigenvalue weighted by Crippen LogP contribution is -2.16. The highest BCUT2D eigenvalue weighted by Gasteiger charge is 2.20. The molecule has 1 aliphatic heterocycles. The Hall–Kier alpha value is -0.960. The molecule has 0 aliphatic carbocycles. The Bertz CT molecular complexity index is 446. The summed E-state index contributed by atoms with van der Waals surface area (Å²) in [6.07, 6.45) is 2.06. The summed E-state index contributed by atoms with van der Waals surface area (Å²) in [5, 5.41) is 0. The van der Waals surface area contributed by atoms with E-state index in [1.54, 1.807) is 11.8 Å². The summed E-state index contributed by atoms with van der Waals surface area (Å²) in [5.74, 6) is 1.51. The molecular formula is C15H20O2S. The van der Waals surface area contributed by atoms with Gasteiger partial charge in [-0.2, -0.15) is 0 Å². The third kappa shape index (κ3) is 3.29. The molecule has 2 nitrogen and oxygen atoms in total. The van der Waals surface area contributed by atoms with Crippen LogP contribution in [0.25, 0.3) is 0 Å². The minimum Gasteiger partial charge on any atom is -0.493 e. The lowest BCUT2D eigenvalue weighted by Gasteiger charge is -2.21. The van der Waals surface area contributed by atoms with E-state index in [4.69, 9.17) is 4.74 Å². The van der Waals surface area contributed by atoms with Crippen LogP contribution in [0.1, 0.15) is 43.1 Å². The van der Waals surface area contributed by atoms with Gasteiger partial charge in [-0.05, 0) is 24.5 Å². The number of para-hydroxylation sites is 1. The minimum atomic E-state index is 0.116. The van der Waals surface area contributed by atoms with E-state index in [0.29, 0.717) is 5.75 Å². The van der Waals surface area contributed by atoms with Gasteiger partial charge in [-0.15, -0.1) is 11.8 Å². The molecule has 0 N–H and O–H groups in total. The maximum absolute atomic E-state index is 12.3. The molecule has 0 radical (unpaired) electrons. The Kier molecular flexibility index (Phi) is 4.00. The maximum atomic E-state index is 12.3. The normalized spacial score (nSPS) is 14.8. The minimum absolute atomic E-state index is 0.116. The van der Waals surface area contributed by atoms with Crippen LogP contribution in [-0.2, 0) is 6.42 Å². The van der Waals surface area contributed by atoms with Gasteiger partial charge in [0.2, 0.25) is 0 Å². The van der Waals surface area contributed by atoms with Crippen LogP contribution < -0.4 is 4.74 Å². The molecule has 1 aliphatic rings. The van der Waals surface area contributed by atoms with Crippen molar-refractivity contribution in [3.63, 3.8) is 0 Å². The molecule has 98 valence electrons. The fraction of sp³-hybridized carbons (Fsp3) is 0.533. The summed E-state index contributed by atoms with van der Waals surface area (Å²) in [6, 6.07) is 5.90. The third-order valence-corrected chi connectivity index (χ3v) is 4.14. The Morgan fingerprint density at radius 1 is 1.39 bits per heavy atom. The van der Waals surface area contributed by atoms with Crippen LogP contribution in [0.5, 0.6) is 5.75 Å². The first-order chi connectivity index (χ1) is 8.47. The predicted molar refractivity (Wildman–Crippen MR) is 76.8 cm³/mol. The zero-order valence-corrected chi connectivity index (χ0v) is 12.1. The Morgan fingerprint density at radius 3 is 2.89 bits per heavy atom. The Labute approximate surface area is 113 Å². The highest BCUT2D eigenvalue weighted by molar-refractivity contribution is 8.01. The standard InChI is InChI=1S/C15H20O2S/c1-15(2,3)18-10-13(16)12-8-4-6-11-7-5-9-17-14(11)12/h4,6,8H,5,7,9-10H2,1-3H3. The maximum Gasteiger partial charge on any atom is 0.176 e. The summed E-state index contributed by atoms with van der Waals surface area (Å²) >= 11 is 1.68. The smallest absolute Gasteiger partial charge is 0.176 e. The second kappa shape index (κ2) is 5.35. The number of carbonyl (C=O) groups is 1. The molecule has 18 heavy (non-hydrogen) atoms. The summed E-state index contributed by atoms with van der Waals surface area (Å²) in [4.78, 5) is 12.3. The van der Waals surface area contributed by atoms with E-state index in [0.717, 1.165) is 30.8 Å². The van der Waals surface area contributed by atoms with Crippen LogP contribution in [0, 0.1) is 0 Å². The summed E-state index contributed by atoms with van der Waals surface area (Å²) in [7, 11) is 0. The van der Waals surface area contributed by atoms with Gasteiger partial charge in [-0.3, -0.25) is 4.79 Å². The second-order valence-electron chi connectivity index (χ2n) is 5.57. The zero-order chi connectivity index (χ0) is 13.2. The van der Waals surface area contributed by atoms with Crippen LogP contribution in [0.3, 0.4) is 0 Å². The lowest BCUT2D eigenvalue weighted by atomic mass is 10.0. The SMILES string of the molecule is CC(C)(C)SCC(=O)c1cccc2c1OCCC2. The molecule has 0 fully saturated rings. The number of rotatable bonds is 3. The highest BCUT2D eigenvalue weighted by atomic mass is 32.2. The van der Waals surface area contributed by atoms with Gasteiger partial charge in [-0.25, -0.2) is 0 Å². The fourth-order valence-electron chi connectivity index (χ4n) is 1.97. The Balaban J connectivity index is 2.15. The van der Waals surface area contributed by atoms with Crippen LogP contribution in [0.2, 0.25) is 0 Å². The molecular weight excluding hydrogens is 244 g/mol. The lowest BCUT2D eigenvalue weighted by molar-refractivity contribution is 0.101. The Morgan fingerprint density at radius 2 is 2.17 bits per heavy atom. The van der Waals surface area contributed by atoms with Gasteiger partial charge >= 0.3 is 0 Å². The number of hydrogen-bond donors (Lipinski definition) is 0. The van der Waals surface area contributed by atoms with E-state index in [-0.39, 0.29) is 10.5 Å². The van der Waals surface area contributed by atoms with Gasteiger partial charge < -0.3 is 4.74 Å². The first kappa shape index (κ1) is 13.5. The number of thioether (sulfide) groups is 1. The monoisotopic (exact) mass is 264 g/mol. The summed E-state index contributed by atoms with van der Waals surface area (Å²) in [5.41, 5.74) is 1.93. The first-order valence-electron chi connectivity index (χ1n) is 6.39. The van der Waals surface area contributed by atoms with E-state index in [1.807, 2.05) is 12.1 Å². The van der Waals surface area contributed by atoms with Gasteiger partial charge in [0.1, 0.15) is 5.75 Å². The van der Waals surface area contributed by atoms with Gasteiger partial charge in [0.15, 0.2) is 5.78 Å². The highest BCUT2D eigenvalue weighted by Crippen LogP contribution is 2.31. The second-order valence-corrected chi connectivity index (χ2v) is 7.37. The molecule has 0 unspecified atom stereocenters. The first-order valence-corrected chi connectivity index (χ1v) is 7.38. The number of benzene rings is 1. The van der Waals surface area contributed by atoms with Crippen molar-refractivity contribution in [2.75, 3.05) is 12.4 Å². The molecule has 0 saturated heterocycles. The summed E-state index contributed by atoms with van der Waals surface area (Å²) in [6.45, 7) is 7.11. The van der Waals surface area contributed by atoms with E-state index < -0.39 is 0 Å². The number of hydrogen-bond acceptors (Lipinski definition) is 3. The van der Waals surface area contributed by atoms with E-state index in [1.165, 1.54) is 5.56 Å². The molecule has 0 aromatic heterocycles. The van der Waals surface area contributed by atoms with E-state index in [2.05, 4.69) is 26.8 Å². The molecule has 0 saturated carbocycles. The molecule has 3 heteroatoms. The van der Waals surface area contributed by atoms with Crippen LogP contribution in [0.15, 0.2) is 18.2 Å². The average molecular weight is 264 g/mol. The van der Waals surface area contributed by atoms with Gasteiger partial charge in [0.25, 0.3) is 0 Å². The van der Waals surface area contributed by atoms with Gasteiger partial charge in [0.05, 0.1) is 17.9 Å². The number of ether oxygens (including phenoxy) is 1. The van der Waals surface area contributed by atoms with Crippen molar-refractivity contribution in [2.24, 2.45) is 0 Å². The van der Waals surface area contributed by atoms with Crippen molar-refractivity contribution < 1.29 is 9.53 Å². The average Bonchev–Trinajstić information content (AvgIpc) is 2.34. The van der Waals surface area contributed by atoms with Crippen LogP contribution in [0.4, 0.5) is 0 Å². The van der Waals surface area contributed by atoms with E-state index >= 15 is 0 Å². The van der Waals surface area contributed by atoms with Crippen molar-refractivity contribution in [3.8, 4) is 5.75 Å². The van der Waals surface area contributed by atoms with Crippen molar-refractivity contribution >= 4 is 17.5 Å². The van der Waals surface area contributed by atoms with Crippen molar-refractivity contribution in [2.45, 2.75) is 38.4 Å². The number of fused-ring (bicyclic) bond motifs is 1. The molecule has 0 bridgehead atoms. The van der Waals surface area contributed by atoms with Crippen molar-refractivity contribution in [3.05, 3.63) is 29.3 Å². The van der Waals surface area contributed by atoms with E-state index in [9.17, 15) is 4.79 Å². The molecule has 1 heterocycles. The molecule has 0 spiro atoms. The molecule has 2 rings (SSSR count). The molecule has 0 amide bonds. The number of aryl methyl sites for hydroxylation is 1. The molecule has 1 aromatic rings. The van der Waals surface area contributed by atoms with Gasteiger partial charge in [0, 0.05) is 4.75 Å². The van der Waals surface area contributed by atoms with Crippen molar-refractivity contribution in [1.29, 1.82) is 0 Å². The zero-order valence-electron chi connectivity index (χ0n) is 11.3. The summed E-state index contributed by atoms with van der Waals surface area (Å²) < 4.78 is 5.79. The topological polar surface area (TPSA) is 26.3 Å². The largest absolute Gasteiger partial charge is 0.493 e.